The third kappa shape index (κ3) is 3.18. The highest BCUT2D eigenvalue weighted by Gasteiger charge is 2.45. The lowest BCUT2D eigenvalue weighted by atomic mass is 9.96. The Morgan fingerprint density at radius 2 is 2.04 bits per heavy atom. The molecule has 1 N–H and O–H groups in total. The summed E-state index contributed by atoms with van der Waals surface area (Å²) in [6.07, 6.45) is 2.61. The summed E-state index contributed by atoms with van der Waals surface area (Å²) in [6, 6.07) is 5.94. The van der Waals surface area contributed by atoms with Gasteiger partial charge in [-0.1, -0.05) is 11.6 Å². The van der Waals surface area contributed by atoms with Gasteiger partial charge in [0.2, 0.25) is 0 Å². The molecule has 27 heavy (non-hydrogen) atoms. The predicted octanol–water partition coefficient (Wildman–Crippen LogP) is 2.79. The lowest BCUT2D eigenvalue weighted by molar-refractivity contribution is -0.148. The van der Waals surface area contributed by atoms with Gasteiger partial charge in [-0.2, -0.15) is 0 Å². The van der Waals surface area contributed by atoms with Gasteiger partial charge in [0.1, 0.15) is 0 Å². The molecule has 1 atom stereocenters. The molecule has 1 aliphatic heterocycles. The Morgan fingerprint density at radius 1 is 1.26 bits per heavy atom. The number of carbonyl (C=O) groups is 2. The molecule has 1 aromatic heterocycles. The van der Waals surface area contributed by atoms with Crippen LogP contribution in [0.2, 0.25) is 0 Å². The average Bonchev–Trinajstić information content (AvgIpc) is 3.39. The van der Waals surface area contributed by atoms with Crippen molar-refractivity contribution in [3.63, 3.8) is 0 Å². The third-order valence-corrected chi connectivity index (χ3v) is 5.46. The molecule has 2 heterocycles. The molecule has 0 radical (unpaired) electrons. The number of carbonyl (C=O) groups excluding carboxylic acids is 2. The standard InChI is InChI=1S/C21H24N2O4/c1-12-8-13(2)18-15(9-12)16(10-17(22-18)14-4-5-14)19(24)23-21(20(25)26-3)6-7-27-11-21/h8-10,14H,4-7,11H2,1-3H3,(H,23,24)/t21-/m1/s1. The van der Waals surface area contributed by atoms with Crippen LogP contribution in [0.4, 0.5) is 0 Å². The summed E-state index contributed by atoms with van der Waals surface area (Å²) < 4.78 is 10.3. The van der Waals surface area contributed by atoms with Crippen molar-refractivity contribution in [1.29, 1.82) is 0 Å². The van der Waals surface area contributed by atoms with Crippen molar-refractivity contribution >= 4 is 22.8 Å². The van der Waals surface area contributed by atoms with Crippen LogP contribution in [-0.4, -0.2) is 42.7 Å². The van der Waals surface area contributed by atoms with E-state index < -0.39 is 11.5 Å². The molecule has 1 amide bonds. The van der Waals surface area contributed by atoms with Crippen LogP contribution >= 0.6 is 0 Å². The zero-order valence-corrected chi connectivity index (χ0v) is 15.9. The summed E-state index contributed by atoms with van der Waals surface area (Å²) >= 11 is 0. The number of hydrogen-bond acceptors (Lipinski definition) is 5. The molecule has 2 aromatic rings. The number of nitrogens with zero attached hydrogens (tertiary/aromatic N) is 1. The minimum absolute atomic E-state index is 0.127. The first-order valence-corrected chi connectivity index (χ1v) is 9.34. The first kappa shape index (κ1) is 17.9. The van der Waals surface area contributed by atoms with Crippen molar-refractivity contribution in [3.8, 4) is 0 Å². The second kappa shape index (κ2) is 6.60. The zero-order chi connectivity index (χ0) is 19.2. The molecule has 142 valence electrons. The zero-order valence-electron chi connectivity index (χ0n) is 15.9. The van der Waals surface area contributed by atoms with Crippen molar-refractivity contribution < 1.29 is 19.1 Å². The number of pyridine rings is 1. The van der Waals surface area contributed by atoms with E-state index in [9.17, 15) is 9.59 Å². The van der Waals surface area contributed by atoms with Crippen LogP contribution in [0.3, 0.4) is 0 Å². The van der Waals surface area contributed by atoms with Crippen LogP contribution in [0.25, 0.3) is 10.9 Å². The van der Waals surface area contributed by atoms with Crippen LogP contribution in [0.1, 0.15) is 52.4 Å². The molecule has 6 heteroatoms. The maximum Gasteiger partial charge on any atom is 0.334 e. The van der Waals surface area contributed by atoms with E-state index in [1.54, 1.807) is 0 Å². The number of aromatic nitrogens is 1. The van der Waals surface area contributed by atoms with Gasteiger partial charge < -0.3 is 14.8 Å². The summed E-state index contributed by atoms with van der Waals surface area (Å²) in [4.78, 5) is 30.4. The third-order valence-electron chi connectivity index (χ3n) is 5.46. The lowest BCUT2D eigenvalue weighted by Crippen LogP contribution is -2.55. The maximum atomic E-state index is 13.3. The fraction of sp³-hybridized carbons (Fsp3) is 0.476. The van der Waals surface area contributed by atoms with Crippen molar-refractivity contribution in [2.45, 2.75) is 44.6 Å². The molecule has 1 aromatic carbocycles. The first-order valence-electron chi connectivity index (χ1n) is 9.34. The minimum Gasteiger partial charge on any atom is -0.467 e. The summed E-state index contributed by atoms with van der Waals surface area (Å²) in [5.41, 5.74) is 3.36. The first-order chi connectivity index (χ1) is 12.9. The molecule has 6 nitrogen and oxygen atoms in total. The van der Waals surface area contributed by atoms with E-state index in [4.69, 9.17) is 14.5 Å². The molecular formula is C21H24N2O4. The van der Waals surface area contributed by atoms with E-state index >= 15 is 0 Å². The molecule has 4 rings (SSSR count). The van der Waals surface area contributed by atoms with Gasteiger partial charge in [-0.3, -0.25) is 9.78 Å². The molecule has 1 saturated heterocycles. The Balaban J connectivity index is 1.79. The van der Waals surface area contributed by atoms with Crippen LogP contribution < -0.4 is 5.32 Å². The van der Waals surface area contributed by atoms with Crippen molar-refractivity contribution in [2.75, 3.05) is 20.3 Å². The van der Waals surface area contributed by atoms with Crippen molar-refractivity contribution in [2.24, 2.45) is 0 Å². The van der Waals surface area contributed by atoms with E-state index in [1.165, 1.54) is 7.11 Å². The predicted molar refractivity (Wildman–Crippen MR) is 101 cm³/mol. The largest absolute Gasteiger partial charge is 0.467 e. The quantitative estimate of drug-likeness (QED) is 0.840. The van der Waals surface area contributed by atoms with Gasteiger partial charge in [0.15, 0.2) is 5.54 Å². The second-order valence-electron chi connectivity index (χ2n) is 7.68. The van der Waals surface area contributed by atoms with E-state index in [0.717, 1.165) is 40.6 Å². The second-order valence-corrected chi connectivity index (χ2v) is 7.68. The SMILES string of the molecule is COC(=O)[C@@]1(NC(=O)c2cc(C3CC3)nc3c(C)cc(C)cc23)CCOC1. The number of hydrogen-bond donors (Lipinski definition) is 1. The van der Waals surface area contributed by atoms with Crippen LogP contribution in [0, 0.1) is 13.8 Å². The van der Waals surface area contributed by atoms with E-state index in [0.29, 0.717) is 24.5 Å². The van der Waals surface area contributed by atoms with Crippen LogP contribution in [0.5, 0.6) is 0 Å². The number of aryl methyl sites for hydroxylation is 2. The molecule has 1 aliphatic carbocycles. The van der Waals surface area contributed by atoms with E-state index in [1.807, 2.05) is 26.0 Å². The van der Waals surface area contributed by atoms with E-state index in [-0.39, 0.29) is 12.5 Å². The Morgan fingerprint density at radius 3 is 2.67 bits per heavy atom. The average molecular weight is 368 g/mol. The molecule has 2 aliphatic rings. The molecule has 0 bridgehead atoms. The highest BCUT2D eigenvalue weighted by molar-refractivity contribution is 6.08. The van der Waals surface area contributed by atoms with Gasteiger partial charge in [-0.05, 0) is 44.4 Å². The number of fused-ring (bicyclic) bond motifs is 1. The summed E-state index contributed by atoms with van der Waals surface area (Å²) in [6.45, 7) is 4.56. The number of rotatable bonds is 4. The van der Waals surface area contributed by atoms with Gasteiger partial charge in [-0.25, -0.2) is 4.79 Å². The fourth-order valence-corrected chi connectivity index (χ4v) is 3.83. The summed E-state index contributed by atoms with van der Waals surface area (Å²) in [5.74, 6) is -0.335. The highest BCUT2D eigenvalue weighted by Crippen LogP contribution is 2.40. The van der Waals surface area contributed by atoms with Crippen LogP contribution in [0.15, 0.2) is 18.2 Å². The van der Waals surface area contributed by atoms with Gasteiger partial charge in [0.25, 0.3) is 5.91 Å². The Labute approximate surface area is 158 Å². The Kier molecular flexibility index (Phi) is 4.38. The topological polar surface area (TPSA) is 77.5 Å². The molecule has 0 unspecified atom stereocenters. The number of benzene rings is 1. The monoisotopic (exact) mass is 368 g/mol. The number of esters is 1. The number of amides is 1. The van der Waals surface area contributed by atoms with E-state index in [2.05, 4.69) is 11.4 Å². The van der Waals surface area contributed by atoms with Gasteiger partial charge >= 0.3 is 5.97 Å². The van der Waals surface area contributed by atoms with Crippen LogP contribution in [-0.2, 0) is 14.3 Å². The summed E-state index contributed by atoms with van der Waals surface area (Å²) in [7, 11) is 1.33. The molecular weight excluding hydrogens is 344 g/mol. The smallest absolute Gasteiger partial charge is 0.334 e. The Bertz CT molecular complexity index is 927. The van der Waals surface area contributed by atoms with Crippen molar-refractivity contribution in [1.82, 2.24) is 10.3 Å². The summed E-state index contributed by atoms with van der Waals surface area (Å²) in [5, 5.41) is 3.72. The molecule has 0 spiro atoms. The van der Waals surface area contributed by atoms with Crippen molar-refractivity contribution in [3.05, 3.63) is 40.6 Å². The molecule has 1 saturated carbocycles. The minimum atomic E-state index is -1.12. The normalized spacial score (nSPS) is 22.0. The van der Waals surface area contributed by atoms with Gasteiger partial charge in [-0.15, -0.1) is 0 Å². The maximum absolute atomic E-state index is 13.3. The fourth-order valence-electron chi connectivity index (χ4n) is 3.83. The number of nitrogens with one attached hydrogen (secondary N) is 1. The number of ether oxygens (including phenoxy) is 2. The van der Waals surface area contributed by atoms with Gasteiger partial charge in [0, 0.05) is 30.0 Å². The Hall–Kier alpha value is -2.47. The molecule has 2 fully saturated rings. The highest BCUT2D eigenvalue weighted by atomic mass is 16.5. The number of methoxy groups -OCH3 is 1. The van der Waals surface area contributed by atoms with Gasteiger partial charge in [0.05, 0.1) is 24.8 Å². The lowest BCUT2D eigenvalue weighted by Gasteiger charge is -2.26.